The fraction of sp³-hybridized carbons (Fsp3) is 0.455. The third kappa shape index (κ3) is 7.32. The first kappa shape index (κ1) is 24.2. The molecule has 7 nitrogen and oxygen atoms in total. The molecule has 1 aliphatic heterocycles. The molecule has 1 aromatic heterocycles. The van der Waals surface area contributed by atoms with Crippen molar-refractivity contribution in [3.05, 3.63) is 53.2 Å². The second kappa shape index (κ2) is 12.6. The van der Waals surface area contributed by atoms with Gasteiger partial charge in [0.1, 0.15) is 11.9 Å². The van der Waals surface area contributed by atoms with Crippen molar-refractivity contribution < 1.29 is 14.2 Å². The molecule has 2 heterocycles. The zero-order valence-electron chi connectivity index (χ0n) is 17.8. The highest BCUT2D eigenvalue weighted by atomic mass is 127. The van der Waals surface area contributed by atoms with Crippen LogP contribution in [0.5, 0.6) is 11.6 Å². The number of nitrogens with zero attached hydrogens (tertiary/aromatic N) is 2. The Labute approximate surface area is 195 Å². The largest absolute Gasteiger partial charge is 0.488 e. The molecule has 1 unspecified atom stereocenters. The molecule has 2 aromatic rings. The van der Waals surface area contributed by atoms with Crippen LogP contribution in [0, 0.1) is 6.92 Å². The molecule has 1 atom stereocenters. The quantitative estimate of drug-likeness (QED) is 0.312. The summed E-state index contributed by atoms with van der Waals surface area (Å²) in [7, 11) is 1.76. The molecular formula is C22H31IN4O3. The van der Waals surface area contributed by atoms with E-state index in [9.17, 15) is 0 Å². The van der Waals surface area contributed by atoms with Crippen LogP contribution in [0.3, 0.4) is 0 Å². The first-order chi connectivity index (χ1) is 14.2. The molecule has 0 saturated carbocycles. The lowest BCUT2D eigenvalue weighted by Gasteiger charge is -2.18. The van der Waals surface area contributed by atoms with Gasteiger partial charge < -0.3 is 24.8 Å². The third-order valence-corrected chi connectivity index (χ3v) is 4.63. The lowest BCUT2D eigenvalue weighted by atomic mass is 10.1. The highest BCUT2D eigenvalue weighted by Crippen LogP contribution is 2.23. The molecule has 1 aromatic carbocycles. The Kier molecular flexibility index (Phi) is 10.2. The fourth-order valence-electron chi connectivity index (χ4n) is 3.08. The van der Waals surface area contributed by atoms with Gasteiger partial charge in [-0.05, 0) is 37.1 Å². The zero-order valence-corrected chi connectivity index (χ0v) is 20.1. The van der Waals surface area contributed by atoms with Crippen molar-refractivity contribution in [1.29, 1.82) is 0 Å². The number of aryl methyl sites for hydroxylation is 1. The lowest BCUT2D eigenvalue weighted by Crippen LogP contribution is -2.36. The maximum atomic E-state index is 6.17. The lowest BCUT2D eigenvalue weighted by molar-refractivity contribution is 0.140. The van der Waals surface area contributed by atoms with Crippen molar-refractivity contribution in [2.24, 2.45) is 4.99 Å². The number of benzene rings is 1. The van der Waals surface area contributed by atoms with E-state index < -0.39 is 0 Å². The molecule has 0 amide bonds. The minimum Gasteiger partial charge on any atom is -0.488 e. The molecule has 3 rings (SSSR count). The zero-order chi connectivity index (χ0) is 20.5. The smallest absolute Gasteiger partial charge is 0.213 e. The van der Waals surface area contributed by atoms with E-state index in [1.54, 1.807) is 13.2 Å². The first-order valence-electron chi connectivity index (χ1n) is 10.0. The highest BCUT2D eigenvalue weighted by Gasteiger charge is 2.18. The van der Waals surface area contributed by atoms with Gasteiger partial charge in [-0.25, -0.2) is 4.98 Å². The molecule has 0 bridgehead atoms. The van der Waals surface area contributed by atoms with E-state index in [0.717, 1.165) is 35.9 Å². The van der Waals surface area contributed by atoms with Crippen LogP contribution in [-0.4, -0.2) is 43.9 Å². The summed E-state index contributed by atoms with van der Waals surface area (Å²) < 4.78 is 17.1. The van der Waals surface area contributed by atoms with Gasteiger partial charge >= 0.3 is 0 Å². The van der Waals surface area contributed by atoms with Gasteiger partial charge in [0, 0.05) is 44.4 Å². The van der Waals surface area contributed by atoms with E-state index in [0.29, 0.717) is 32.2 Å². The average molecular weight is 526 g/mol. The summed E-state index contributed by atoms with van der Waals surface area (Å²) in [6, 6.07) is 10.2. The van der Waals surface area contributed by atoms with Crippen molar-refractivity contribution in [2.75, 3.05) is 26.9 Å². The second-order valence-corrected chi connectivity index (χ2v) is 6.93. The average Bonchev–Trinajstić information content (AvgIpc) is 3.23. The number of ether oxygens (including phenoxy) is 3. The van der Waals surface area contributed by atoms with E-state index in [1.807, 2.05) is 19.1 Å². The van der Waals surface area contributed by atoms with Crippen molar-refractivity contribution in [3.63, 3.8) is 0 Å². The predicted molar refractivity (Wildman–Crippen MR) is 129 cm³/mol. The Morgan fingerprint density at radius 2 is 2.07 bits per heavy atom. The van der Waals surface area contributed by atoms with E-state index in [4.69, 9.17) is 14.2 Å². The summed E-state index contributed by atoms with van der Waals surface area (Å²) in [5.74, 6) is 2.25. The van der Waals surface area contributed by atoms with Gasteiger partial charge in [-0.15, -0.1) is 24.0 Å². The number of hydrogen-bond acceptors (Lipinski definition) is 5. The standard InChI is InChI=1S/C22H30N4O3.HI/c1-4-28-21-12-17(7-9-24-21)13-25-22(23-3)26-14-18-6-5-16(2)11-20(18)29-19-8-10-27-15-19;/h5-7,9,11-12,19H,4,8,10,13-15H2,1-3H3,(H2,23,25,26);1H. The molecule has 2 N–H and O–H groups in total. The van der Waals surface area contributed by atoms with Crippen LogP contribution in [0.4, 0.5) is 0 Å². The number of pyridine rings is 1. The fourth-order valence-corrected chi connectivity index (χ4v) is 3.08. The predicted octanol–water partition coefficient (Wildman–Crippen LogP) is 3.44. The highest BCUT2D eigenvalue weighted by molar-refractivity contribution is 14.0. The van der Waals surface area contributed by atoms with Crippen LogP contribution in [0.1, 0.15) is 30.0 Å². The normalized spacial score (nSPS) is 16.0. The Morgan fingerprint density at radius 1 is 1.23 bits per heavy atom. The summed E-state index contributed by atoms with van der Waals surface area (Å²) in [5.41, 5.74) is 3.34. The van der Waals surface area contributed by atoms with Crippen LogP contribution in [0.25, 0.3) is 0 Å². The van der Waals surface area contributed by atoms with E-state index in [2.05, 4.69) is 45.7 Å². The molecular weight excluding hydrogens is 495 g/mol. The Bertz CT molecular complexity index is 826. The topological polar surface area (TPSA) is 77.0 Å². The minimum absolute atomic E-state index is 0. The Balaban J connectivity index is 0.00000320. The van der Waals surface area contributed by atoms with Crippen LogP contribution in [0.15, 0.2) is 41.5 Å². The number of nitrogens with one attached hydrogen (secondary N) is 2. The minimum atomic E-state index is 0. The number of guanidine groups is 1. The molecule has 30 heavy (non-hydrogen) atoms. The summed E-state index contributed by atoms with van der Waals surface area (Å²) in [6.07, 6.45) is 2.81. The van der Waals surface area contributed by atoms with Crippen molar-refractivity contribution >= 4 is 29.9 Å². The van der Waals surface area contributed by atoms with Crippen molar-refractivity contribution in [1.82, 2.24) is 15.6 Å². The molecule has 0 spiro atoms. The van der Waals surface area contributed by atoms with Gasteiger partial charge in [0.2, 0.25) is 5.88 Å². The van der Waals surface area contributed by atoms with Crippen LogP contribution in [0.2, 0.25) is 0 Å². The summed E-state index contributed by atoms with van der Waals surface area (Å²) in [5, 5.41) is 6.69. The van der Waals surface area contributed by atoms with Gasteiger partial charge in [-0.1, -0.05) is 12.1 Å². The number of hydrogen-bond donors (Lipinski definition) is 2. The molecule has 0 aliphatic carbocycles. The second-order valence-electron chi connectivity index (χ2n) is 6.93. The summed E-state index contributed by atoms with van der Waals surface area (Å²) in [6.45, 7) is 7.27. The number of rotatable bonds is 8. The molecule has 164 valence electrons. The Hall–Kier alpha value is -2.07. The van der Waals surface area contributed by atoms with Gasteiger partial charge in [0.25, 0.3) is 0 Å². The number of aromatic nitrogens is 1. The number of halogens is 1. The molecule has 0 radical (unpaired) electrons. The van der Waals surface area contributed by atoms with Crippen LogP contribution < -0.4 is 20.1 Å². The SMILES string of the molecule is CCOc1cc(CNC(=NC)NCc2ccc(C)cc2OC2CCOC2)ccn1.I. The molecule has 8 heteroatoms. The van der Waals surface area contributed by atoms with Gasteiger partial charge in [0.05, 0.1) is 19.8 Å². The van der Waals surface area contributed by atoms with Crippen molar-refractivity contribution in [2.45, 2.75) is 39.5 Å². The van der Waals surface area contributed by atoms with Crippen LogP contribution in [-0.2, 0) is 17.8 Å². The third-order valence-electron chi connectivity index (χ3n) is 4.63. The molecule has 1 saturated heterocycles. The van der Waals surface area contributed by atoms with Crippen molar-refractivity contribution in [3.8, 4) is 11.6 Å². The van der Waals surface area contributed by atoms with E-state index in [1.165, 1.54) is 5.56 Å². The summed E-state index contributed by atoms with van der Waals surface area (Å²) in [4.78, 5) is 8.51. The number of aliphatic imine (C=N–C) groups is 1. The van der Waals surface area contributed by atoms with E-state index >= 15 is 0 Å². The molecule has 1 fully saturated rings. The Morgan fingerprint density at radius 3 is 2.80 bits per heavy atom. The maximum Gasteiger partial charge on any atom is 0.213 e. The first-order valence-corrected chi connectivity index (χ1v) is 10.0. The van der Waals surface area contributed by atoms with Gasteiger partial charge in [-0.3, -0.25) is 4.99 Å². The maximum absolute atomic E-state index is 6.17. The van der Waals surface area contributed by atoms with Gasteiger partial charge in [-0.2, -0.15) is 0 Å². The summed E-state index contributed by atoms with van der Waals surface area (Å²) >= 11 is 0. The van der Waals surface area contributed by atoms with Gasteiger partial charge in [0.15, 0.2) is 5.96 Å². The van der Waals surface area contributed by atoms with E-state index in [-0.39, 0.29) is 30.1 Å². The van der Waals surface area contributed by atoms with Crippen LogP contribution >= 0.6 is 24.0 Å². The monoisotopic (exact) mass is 526 g/mol. The molecule has 1 aliphatic rings.